The van der Waals surface area contributed by atoms with Crippen molar-refractivity contribution < 1.29 is 18.8 Å². The number of hydrogen-bond donors (Lipinski definition) is 2. The molecular formula is C18H36N2O4Si. The largest absolute Gasteiger partial charge is 0.413 e. The summed E-state index contributed by atoms with van der Waals surface area (Å²) in [5.41, 5.74) is 4.71. The predicted octanol–water partition coefficient (Wildman–Crippen LogP) is 2.22. The molecular weight excluding hydrogens is 336 g/mol. The first-order valence-electron chi connectivity index (χ1n) is 9.10. The summed E-state index contributed by atoms with van der Waals surface area (Å²) in [6.07, 6.45) is 0.558. The molecule has 1 aliphatic heterocycles. The van der Waals surface area contributed by atoms with E-state index in [1.54, 1.807) is 6.92 Å². The maximum Gasteiger partial charge on any atom is 0.237 e. The summed E-state index contributed by atoms with van der Waals surface area (Å²) in [5.74, 6) is -0.159. The molecule has 25 heavy (non-hydrogen) atoms. The lowest BCUT2D eigenvalue weighted by molar-refractivity contribution is -0.132. The van der Waals surface area contributed by atoms with E-state index >= 15 is 0 Å². The molecule has 3 atom stereocenters. The number of epoxide rings is 1. The molecule has 0 aliphatic carbocycles. The van der Waals surface area contributed by atoms with Crippen LogP contribution >= 0.6 is 0 Å². The molecule has 146 valence electrons. The number of carbonyl (C=O) groups excluding carboxylic acids is 2. The Labute approximate surface area is 153 Å². The Kier molecular flexibility index (Phi) is 7.00. The molecule has 1 heterocycles. The maximum atomic E-state index is 13.0. The van der Waals surface area contributed by atoms with Gasteiger partial charge in [0.2, 0.25) is 5.91 Å². The van der Waals surface area contributed by atoms with Crippen molar-refractivity contribution in [2.45, 2.75) is 83.8 Å². The lowest BCUT2D eigenvalue weighted by atomic mass is 9.92. The quantitative estimate of drug-likeness (QED) is 0.478. The summed E-state index contributed by atoms with van der Waals surface area (Å²) in [4.78, 5) is 25.0. The van der Waals surface area contributed by atoms with E-state index in [0.717, 1.165) is 0 Å². The fourth-order valence-corrected chi connectivity index (χ4v) is 3.25. The number of rotatable bonds is 9. The van der Waals surface area contributed by atoms with Crippen molar-refractivity contribution in [2.24, 2.45) is 11.7 Å². The SMILES string of the molecule is CC(C)CC(NC(=O)C(C)N)C(=O)C1(CO[Si](C)(C)C(C)(C)C)CO1. The molecule has 1 fully saturated rings. The molecule has 0 aromatic heterocycles. The molecule has 3 N–H and O–H groups in total. The summed E-state index contributed by atoms with van der Waals surface area (Å²) < 4.78 is 11.7. The van der Waals surface area contributed by atoms with Crippen molar-refractivity contribution in [3.05, 3.63) is 0 Å². The fraction of sp³-hybridized carbons (Fsp3) is 0.889. The number of Topliss-reactive ketones (excluding diaryl/α,β-unsaturated/α-hetero) is 1. The smallest absolute Gasteiger partial charge is 0.237 e. The lowest BCUT2D eigenvalue weighted by Crippen LogP contribution is -2.53. The highest BCUT2D eigenvalue weighted by molar-refractivity contribution is 6.74. The zero-order chi connectivity index (χ0) is 19.6. The lowest BCUT2D eigenvalue weighted by Gasteiger charge is -2.37. The second-order valence-electron chi connectivity index (χ2n) is 9.18. The number of ether oxygens (including phenoxy) is 1. The number of carbonyl (C=O) groups is 2. The molecule has 3 unspecified atom stereocenters. The molecule has 1 rings (SSSR count). The van der Waals surface area contributed by atoms with Gasteiger partial charge in [-0.15, -0.1) is 0 Å². The molecule has 6 nitrogen and oxygen atoms in total. The topological polar surface area (TPSA) is 94.0 Å². The normalized spacial score (nSPS) is 23.3. The van der Waals surface area contributed by atoms with Gasteiger partial charge in [-0.25, -0.2) is 0 Å². The van der Waals surface area contributed by atoms with Gasteiger partial charge in [-0.1, -0.05) is 34.6 Å². The first kappa shape index (κ1) is 22.3. The van der Waals surface area contributed by atoms with Crippen LogP contribution < -0.4 is 11.1 Å². The van der Waals surface area contributed by atoms with Gasteiger partial charge in [0, 0.05) is 0 Å². The second kappa shape index (κ2) is 7.86. The molecule has 0 saturated carbocycles. The summed E-state index contributed by atoms with van der Waals surface area (Å²) >= 11 is 0. The minimum absolute atomic E-state index is 0.0622. The summed E-state index contributed by atoms with van der Waals surface area (Å²) in [6.45, 7) is 17.0. The zero-order valence-corrected chi connectivity index (χ0v) is 18.1. The van der Waals surface area contributed by atoms with Crippen LogP contribution in [0.3, 0.4) is 0 Å². The first-order chi connectivity index (χ1) is 11.2. The molecule has 0 spiro atoms. The van der Waals surface area contributed by atoms with Crippen LogP contribution in [0, 0.1) is 5.92 Å². The van der Waals surface area contributed by atoms with E-state index in [2.05, 4.69) is 39.2 Å². The highest BCUT2D eigenvalue weighted by atomic mass is 28.4. The van der Waals surface area contributed by atoms with Crippen LogP contribution in [-0.4, -0.2) is 50.9 Å². The maximum absolute atomic E-state index is 13.0. The Morgan fingerprint density at radius 3 is 2.16 bits per heavy atom. The van der Waals surface area contributed by atoms with Crippen molar-refractivity contribution >= 4 is 20.0 Å². The third-order valence-electron chi connectivity index (χ3n) is 5.17. The average Bonchev–Trinajstić information content (AvgIpc) is 3.23. The van der Waals surface area contributed by atoms with Crippen molar-refractivity contribution in [1.82, 2.24) is 5.32 Å². The van der Waals surface area contributed by atoms with Crippen molar-refractivity contribution in [1.29, 1.82) is 0 Å². The van der Waals surface area contributed by atoms with Gasteiger partial charge in [0.25, 0.3) is 0 Å². The minimum atomic E-state index is -1.98. The Hall–Kier alpha value is -0.763. The highest BCUT2D eigenvalue weighted by Crippen LogP contribution is 2.39. The second-order valence-corrected chi connectivity index (χ2v) is 14.0. The molecule has 0 aromatic rings. The van der Waals surface area contributed by atoms with E-state index in [1.807, 2.05) is 13.8 Å². The number of amides is 1. The number of ketones is 1. The Morgan fingerprint density at radius 2 is 1.80 bits per heavy atom. The zero-order valence-electron chi connectivity index (χ0n) is 17.1. The van der Waals surface area contributed by atoms with Gasteiger partial charge in [0.05, 0.1) is 25.3 Å². The van der Waals surface area contributed by atoms with Gasteiger partial charge in [-0.05, 0) is 37.4 Å². The van der Waals surface area contributed by atoms with Gasteiger partial charge < -0.3 is 20.2 Å². The summed E-state index contributed by atoms with van der Waals surface area (Å²) in [5, 5.41) is 2.85. The van der Waals surface area contributed by atoms with E-state index in [-0.39, 0.29) is 29.3 Å². The fourth-order valence-electron chi connectivity index (χ4n) is 2.22. The highest BCUT2D eigenvalue weighted by Gasteiger charge is 2.56. The number of nitrogens with two attached hydrogens (primary N) is 1. The Morgan fingerprint density at radius 1 is 1.28 bits per heavy atom. The van der Waals surface area contributed by atoms with Crippen molar-refractivity contribution in [2.75, 3.05) is 13.2 Å². The predicted molar refractivity (Wildman–Crippen MR) is 102 cm³/mol. The molecule has 1 saturated heterocycles. The van der Waals surface area contributed by atoms with Gasteiger partial charge in [-0.3, -0.25) is 9.59 Å². The van der Waals surface area contributed by atoms with E-state index in [9.17, 15) is 9.59 Å². The molecule has 0 bridgehead atoms. The van der Waals surface area contributed by atoms with E-state index in [0.29, 0.717) is 13.0 Å². The van der Waals surface area contributed by atoms with Crippen LogP contribution in [0.1, 0.15) is 48.0 Å². The molecule has 1 aliphatic rings. The summed E-state index contributed by atoms with van der Waals surface area (Å²) in [7, 11) is -1.98. The Bertz CT molecular complexity index is 494. The molecule has 0 aromatic carbocycles. The molecule has 1 amide bonds. The van der Waals surface area contributed by atoms with Gasteiger partial charge in [0.1, 0.15) is 0 Å². The monoisotopic (exact) mass is 372 g/mol. The van der Waals surface area contributed by atoms with Crippen LogP contribution in [0.25, 0.3) is 0 Å². The van der Waals surface area contributed by atoms with Crippen molar-refractivity contribution in [3.8, 4) is 0 Å². The van der Waals surface area contributed by atoms with Gasteiger partial charge in [0.15, 0.2) is 19.7 Å². The third kappa shape index (κ3) is 5.87. The van der Waals surface area contributed by atoms with Gasteiger partial charge in [-0.2, -0.15) is 0 Å². The van der Waals surface area contributed by atoms with Crippen LogP contribution in [0.4, 0.5) is 0 Å². The molecule has 0 radical (unpaired) electrons. The van der Waals surface area contributed by atoms with E-state index < -0.39 is 26.0 Å². The number of hydrogen-bond acceptors (Lipinski definition) is 5. The van der Waals surface area contributed by atoms with Crippen LogP contribution in [0.15, 0.2) is 0 Å². The van der Waals surface area contributed by atoms with Crippen molar-refractivity contribution in [3.63, 3.8) is 0 Å². The average molecular weight is 373 g/mol. The first-order valence-corrected chi connectivity index (χ1v) is 12.0. The van der Waals surface area contributed by atoms with Crippen LogP contribution in [0.2, 0.25) is 18.1 Å². The van der Waals surface area contributed by atoms with E-state index in [4.69, 9.17) is 14.9 Å². The van der Waals surface area contributed by atoms with Crippen LogP contribution in [-0.2, 0) is 18.8 Å². The molecule has 7 heteroatoms. The summed E-state index contributed by atoms with van der Waals surface area (Å²) in [6, 6.07) is -1.24. The van der Waals surface area contributed by atoms with Gasteiger partial charge >= 0.3 is 0 Å². The third-order valence-corrected chi connectivity index (χ3v) is 9.65. The standard InChI is InChI=1S/C18H36N2O4Si/c1-12(2)9-14(20-16(22)13(3)19)15(21)18(10-23-18)11-24-25(7,8)17(4,5)6/h12-14H,9-11,19H2,1-8H3,(H,20,22). The van der Waals surface area contributed by atoms with Crippen LogP contribution in [0.5, 0.6) is 0 Å². The van der Waals surface area contributed by atoms with E-state index in [1.165, 1.54) is 0 Å². The minimum Gasteiger partial charge on any atom is -0.413 e. The number of nitrogens with one attached hydrogen (secondary N) is 1. The Balaban J connectivity index is 2.83.